The van der Waals surface area contributed by atoms with Crippen LogP contribution in [0.5, 0.6) is 0 Å². The molecule has 0 fully saturated rings. The second-order valence-corrected chi connectivity index (χ2v) is 17.3. The van der Waals surface area contributed by atoms with Crippen molar-refractivity contribution < 1.29 is 0 Å². The predicted octanol–water partition coefficient (Wildman–Crippen LogP) is 16.9. The number of anilines is 3. The van der Waals surface area contributed by atoms with E-state index in [4.69, 9.17) is 0 Å². The zero-order valence-corrected chi connectivity index (χ0v) is 35.8. The van der Waals surface area contributed by atoms with E-state index in [1.165, 1.54) is 107 Å². The summed E-state index contributed by atoms with van der Waals surface area (Å²) in [7, 11) is 0. The molecule has 0 saturated carbocycles. The van der Waals surface area contributed by atoms with Crippen LogP contribution in [0.4, 0.5) is 17.1 Å². The zero-order valence-electron chi connectivity index (χ0n) is 35.8. The molecule has 0 amide bonds. The molecule has 0 radical (unpaired) electrons. The van der Waals surface area contributed by atoms with Crippen LogP contribution in [-0.4, -0.2) is 0 Å². The minimum absolute atomic E-state index is 1.12. The summed E-state index contributed by atoms with van der Waals surface area (Å²) in [5.41, 5.74) is 25.5. The highest BCUT2D eigenvalue weighted by Gasteiger charge is 2.28. The maximum atomic E-state index is 2.40. The Hall–Kier alpha value is -7.22. The number of hydrogen-bond acceptors (Lipinski definition) is 1. The molecule has 0 aromatic heterocycles. The van der Waals surface area contributed by atoms with Gasteiger partial charge in [0.15, 0.2) is 0 Å². The molecular formula is C62H51N. The highest BCUT2D eigenvalue weighted by atomic mass is 15.1. The van der Waals surface area contributed by atoms with Crippen molar-refractivity contribution in [2.45, 2.75) is 51.4 Å². The van der Waals surface area contributed by atoms with Crippen molar-refractivity contribution in [3.63, 3.8) is 0 Å². The molecule has 0 spiro atoms. The van der Waals surface area contributed by atoms with E-state index in [-0.39, 0.29) is 0 Å². The van der Waals surface area contributed by atoms with Gasteiger partial charge in [0.05, 0.1) is 0 Å². The van der Waals surface area contributed by atoms with E-state index in [9.17, 15) is 0 Å². The van der Waals surface area contributed by atoms with E-state index >= 15 is 0 Å². The van der Waals surface area contributed by atoms with Crippen LogP contribution in [0.15, 0.2) is 212 Å². The first kappa shape index (κ1) is 38.7. The normalized spacial score (nSPS) is 13.2. The summed E-state index contributed by atoms with van der Waals surface area (Å²) >= 11 is 0. The Morgan fingerprint density at radius 3 is 0.698 bits per heavy atom. The molecule has 0 atom stereocenters. The van der Waals surface area contributed by atoms with Gasteiger partial charge in [0.1, 0.15) is 0 Å². The largest absolute Gasteiger partial charge is 0.311 e. The number of rotatable bonds is 9. The number of benzene rings is 9. The third-order valence-corrected chi connectivity index (χ3v) is 13.5. The molecule has 304 valence electrons. The quantitative estimate of drug-likeness (QED) is 0.140. The van der Waals surface area contributed by atoms with Gasteiger partial charge in [0, 0.05) is 17.1 Å². The molecule has 11 rings (SSSR count). The van der Waals surface area contributed by atoms with Crippen LogP contribution >= 0.6 is 0 Å². The lowest BCUT2D eigenvalue weighted by Gasteiger charge is -2.32. The van der Waals surface area contributed by atoms with Gasteiger partial charge in [0.2, 0.25) is 0 Å². The van der Waals surface area contributed by atoms with E-state index in [0.29, 0.717) is 0 Å². The van der Waals surface area contributed by atoms with Crippen molar-refractivity contribution >= 4 is 17.1 Å². The molecule has 0 unspecified atom stereocenters. The van der Waals surface area contributed by atoms with Crippen LogP contribution in [0.2, 0.25) is 0 Å². The van der Waals surface area contributed by atoms with Gasteiger partial charge in [-0.2, -0.15) is 0 Å². The molecule has 0 N–H and O–H groups in total. The fourth-order valence-electron chi connectivity index (χ4n) is 10.4. The van der Waals surface area contributed by atoms with Gasteiger partial charge in [-0.05, 0) is 177 Å². The summed E-state index contributed by atoms with van der Waals surface area (Å²) in [4.78, 5) is 2.37. The summed E-state index contributed by atoms with van der Waals surface area (Å²) < 4.78 is 0. The molecule has 0 heterocycles. The Morgan fingerprint density at radius 1 is 0.206 bits per heavy atom. The number of hydrogen-bond donors (Lipinski definition) is 0. The van der Waals surface area contributed by atoms with Crippen molar-refractivity contribution in [2.24, 2.45) is 0 Å². The van der Waals surface area contributed by atoms with Gasteiger partial charge in [-0.1, -0.05) is 176 Å². The SMILES string of the molecule is c1ccc(-c2ccc(-c3ccc(N(c4ccc(-c5ccccc5)cc4)c4ccc(-c5ccc(-c6c7c(c(-c8ccccc8)c8c6CCCC8)CCCC7)cc5)cc4)cc3)cc2)cc1. The van der Waals surface area contributed by atoms with Crippen LogP contribution in [0.1, 0.15) is 47.9 Å². The van der Waals surface area contributed by atoms with Crippen molar-refractivity contribution in [1.29, 1.82) is 0 Å². The predicted molar refractivity (Wildman–Crippen MR) is 267 cm³/mol. The molecule has 1 heteroatoms. The lowest BCUT2D eigenvalue weighted by atomic mass is 9.73. The fourth-order valence-corrected chi connectivity index (χ4v) is 10.4. The first-order chi connectivity index (χ1) is 31.2. The Morgan fingerprint density at radius 2 is 0.413 bits per heavy atom. The first-order valence-electron chi connectivity index (χ1n) is 22.9. The van der Waals surface area contributed by atoms with Crippen LogP contribution in [0.3, 0.4) is 0 Å². The zero-order chi connectivity index (χ0) is 42.0. The Labute approximate surface area is 373 Å². The summed E-state index contributed by atoms with van der Waals surface area (Å²) in [6.45, 7) is 0. The standard InChI is InChI=1S/C62H51N/c1-4-14-44(15-5-1)46-24-26-47(27-25-46)50-34-40-55(41-35-50)63(54-38-32-49(33-39-54)45-16-6-2-7-17-45)56-42-36-51(37-43-56)48-28-30-53(31-29-48)62-59-22-12-10-20-57(59)61(52-18-8-3-9-19-52)58-21-11-13-23-60(58)62/h1-9,14-19,24-43H,10-13,20-23H2. The fraction of sp³-hybridized carbons (Fsp3) is 0.129. The average molecular weight is 810 g/mol. The van der Waals surface area contributed by atoms with Crippen molar-refractivity contribution in [3.05, 3.63) is 235 Å². The Bertz CT molecular complexity index is 2930. The number of nitrogens with zero attached hydrogens (tertiary/aromatic N) is 1. The van der Waals surface area contributed by atoms with Crippen LogP contribution in [-0.2, 0) is 25.7 Å². The maximum absolute atomic E-state index is 2.40. The molecule has 0 bridgehead atoms. The highest BCUT2D eigenvalue weighted by molar-refractivity contribution is 5.86. The van der Waals surface area contributed by atoms with Gasteiger partial charge < -0.3 is 4.90 Å². The Balaban J connectivity index is 0.911. The van der Waals surface area contributed by atoms with E-state index in [2.05, 4.69) is 217 Å². The van der Waals surface area contributed by atoms with Crippen molar-refractivity contribution in [3.8, 4) is 66.8 Å². The lowest BCUT2D eigenvalue weighted by Crippen LogP contribution is -2.15. The van der Waals surface area contributed by atoms with Crippen LogP contribution in [0.25, 0.3) is 66.8 Å². The average Bonchev–Trinajstić information content (AvgIpc) is 3.37. The van der Waals surface area contributed by atoms with E-state index in [0.717, 1.165) is 17.1 Å². The van der Waals surface area contributed by atoms with E-state index < -0.39 is 0 Å². The molecule has 0 aliphatic heterocycles. The van der Waals surface area contributed by atoms with Crippen LogP contribution in [0, 0.1) is 0 Å². The van der Waals surface area contributed by atoms with E-state index in [1.54, 1.807) is 33.4 Å². The van der Waals surface area contributed by atoms with Gasteiger partial charge in [-0.15, -0.1) is 0 Å². The van der Waals surface area contributed by atoms with E-state index in [1.807, 2.05) is 0 Å². The second-order valence-electron chi connectivity index (χ2n) is 17.3. The molecular weight excluding hydrogens is 759 g/mol. The Kier molecular flexibility index (Phi) is 10.6. The minimum Gasteiger partial charge on any atom is -0.311 e. The molecule has 1 nitrogen and oxygen atoms in total. The summed E-state index contributed by atoms with van der Waals surface area (Å²) in [5.74, 6) is 0. The minimum atomic E-state index is 1.12. The first-order valence-corrected chi connectivity index (χ1v) is 22.9. The topological polar surface area (TPSA) is 3.24 Å². The van der Waals surface area contributed by atoms with Gasteiger partial charge in [0.25, 0.3) is 0 Å². The molecule has 9 aromatic rings. The van der Waals surface area contributed by atoms with Gasteiger partial charge in [-0.25, -0.2) is 0 Å². The smallest absolute Gasteiger partial charge is 0.0462 e. The molecule has 2 aliphatic rings. The summed E-state index contributed by atoms with van der Waals surface area (Å²) in [6, 6.07) is 78.0. The summed E-state index contributed by atoms with van der Waals surface area (Å²) in [5, 5.41) is 0. The second kappa shape index (κ2) is 17.3. The number of fused-ring (bicyclic) bond motifs is 2. The highest BCUT2D eigenvalue weighted by Crippen LogP contribution is 2.46. The third-order valence-electron chi connectivity index (χ3n) is 13.5. The van der Waals surface area contributed by atoms with Gasteiger partial charge >= 0.3 is 0 Å². The third kappa shape index (κ3) is 7.70. The maximum Gasteiger partial charge on any atom is 0.0462 e. The lowest BCUT2D eigenvalue weighted by molar-refractivity contribution is 0.662. The monoisotopic (exact) mass is 809 g/mol. The van der Waals surface area contributed by atoms with Crippen molar-refractivity contribution in [2.75, 3.05) is 4.90 Å². The molecule has 9 aromatic carbocycles. The van der Waals surface area contributed by atoms with Crippen molar-refractivity contribution in [1.82, 2.24) is 0 Å². The van der Waals surface area contributed by atoms with Gasteiger partial charge in [-0.3, -0.25) is 0 Å². The molecule has 0 saturated heterocycles. The van der Waals surface area contributed by atoms with Crippen LogP contribution < -0.4 is 4.90 Å². The molecule has 63 heavy (non-hydrogen) atoms. The molecule has 2 aliphatic carbocycles. The summed E-state index contributed by atoms with van der Waals surface area (Å²) in [6.07, 6.45) is 9.85.